The molecule has 0 saturated heterocycles. The highest BCUT2D eigenvalue weighted by Crippen LogP contribution is 2.28. The molecule has 1 atom stereocenters. The molecule has 0 fully saturated rings. The molecule has 136 valence electrons. The number of fused-ring (bicyclic) bond motifs is 1. The van der Waals surface area contributed by atoms with Gasteiger partial charge in [0.2, 0.25) is 0 Å². The molecule has 1 aromatic heterocycles. The fourth-order valence-corrected chi connectivity index (χ4v) is 4.61. The van der Waals surface area contributed by atoms with Crippen molar-refractivity contribution in [2.24, 2.45) is 5.16 Å². The molecule has 26 heavy (non-hydrogen) atoms. The largest absolute Gasteiger partial charge is 0.387 e. The monoisotopic (exact) mass is 369 g/mol. The minimum Gasteiger partial charge on any atom is -0.387 e. The molecule has 0 radical (unpaired) electrons. The lowest BCUT2D eigenvalue weighted by Crippen LogP contribution is -2.31. The molecule has 1 aromatic carbocycles. The third kappa shape index (κ3) is 3.96. The predicted molar refractivity (Wildman–Crippen MR) is 102 cm³/mol. The van der Waals surface area contributed by atoms with E-state index in [-0.39, 0.29) is 12.0 Å². The Morgan fingerprint density at radius 1 is 1.23 bits per heavy atom. The molecule has 5 nitrogen and oxygen atoms in total. The lowest BCUT2D eigenvalue weighted by Gasteiger charge is -2.07. The molecule has 2 aromatic rings. The molecular formula is C20H23N3O2S. The SMILES string of the molecule is O=C(NCCCc1nc2c(s1)CCCC2)C1=NOC(c2ccccc2)C1. The predicted octanol–water partition coefficient (Wildman–Crippen LogP) is 3.59. The number of thiazole rings is 1. The summed E-state index contributed by atoms with van der Waals surface area (Å²) in [6.45, 7) is 0.637. The number of amides is 1. The molecule has 1 unspecified atom stereocenters. The molecule has 0 bridgehead atoms. The molecule has 1 amide bonds. The van der Waals surface area contributed by atoms with Gasteiger partial charge in [0.1, 0.15) is 5.71 Å². The number of aryl methyl sites for hydroxylation is 3. The first-order valence-corrected chi connectivity index (χ1v) is 10.1. The standard InChI is InChI=1S/C20H23N3O2S/c24-20(16-13-17(25-23-16)14-7-2-1-3-8-14)21-12-6-11-19-22-15-9-4-5-10-18(15)26-19/h1-3,7-8,17H,4-6,9-13H2,(H,21,24). The maximum Gasteiger partial charge on any atom is 0.269 e. The normalized spacial score (nSPS) is 18.8. The summed E-state index contributed by atoms with van der Waals surface area (Å²) in [5, 5.41) is 8.13. The highest BCUT2D eigenvalue weighted by molar-refractivity contribution is 7.11. The number of carbonyl (C=O) groups is 1. The van der Waals surface area contributed by atoms with Crippen molar-refractivity contribution in [3.8, 4) is 0 Å². The first kappa shape index (κ1) is 17.2. The van der Waals surface area contributed by atoms with Gasteiger partial charge >= 0.3 is 0 Å². The van der Waals surface area contributed by atoms with Gasteiger partial charge < -0.3 is 10.2 Å². The van der Waals surface area contributed by atoms with Gasteiger partial charge in [0.15, 0.2) is 6.10 Å². The zero-order valence-corrected chi connectivity index (χ0v) is 15.6. The van der Waals surface area contributed by atoms with Crippen LogP contribution in [-0.4, -0.2) is 23.1 Å². The minimum absolute atomic E-state index is 0.123. The van der Waals surface area contributed by atoms with Gasteiger partial charge in [-0.2, -0.15) is 0 Å². The van der Waals surface area contributed by atoms with Crippen LogP contribution < -0.4 is 5.32 Å². The van der Waals surface area contributed by atoms with Crippen LogP contribution in [0, 0.1) is 0 Å². The van der Waals surface area contributed by atoms with Crippen molar-refractivity contribution in [2.45, 2.75) is 51.0 Å². The fourth-order valence-electron chi connectivity index (χ4n) is 3.41. The molecular weight excluding hydrogens is 346 g/mol. The molecule has 0 spiro atoms. The fraction of sp³-hybridized carbons (Fsp3) is 0.450. The van der Waals surface area contributed by atoms with Crippen molar-refractivity contribution in [1.82, 2.24) is 10.3 Å². The van der Waals surface area contributed by atoms with Crippen LogP contribution in [0.3, 0.4) is 0 Å². The van der Waals surface area contributed by atoms with E-state index in [1.54, 1.807) is 0 Å². The van der Waals surface area contributed by atoms with E-state index in [1.165, 1.54) is 34.8 Å². The quantitative estimate of drug-likeness (QED) is 0.792. The maximum absolute atomic E-state index is 12.3. The van der Waals surface area contributed by atoms with Crippen LogP contribution in [0.5, 0.6) is 0 Å². The van der Waals surface area contributed by atoms with Gasteiger partial charge in [-0.25, -0.2) is 4.98 Å². The van der Waals surface area contributed by atoms with Gasteiger partial charge in [-0.05, 0) is 37.7 Å². The van der Waals surface area contributed by atoms with Crippen molar-refractivity contribution in [1.29, 1.82) is 0 Å². The number of oxime groups is 1. The van der Waals surface area contributed by atoms with Gasteiger partial charge in [-0.15, -0.1) is 11.3 Å². The summed E-state index contributed by atoms with van der Waals surface area (Å²) in [6.07, 6.45) is 7.06. The number of aromatic nitrogens is 1. The number of nitrogens with one attached hydrogen (secondary N) is 1. The van der Waals surface area contributed by atoms with Crippen molar-refractivity contribution in [3.05, 3.63) is 51.5 Å². The smallest absolute Gasteiger partial charge is 0.269 e. The summed E-state index contributed by atoms with van der Waals surface area (Å²) in [6, 6.07) is 9.88. The highest BCUT2D eigenvalue weighted by atomic mass is 32.1. The topological polar surface area (TPSA) is 63.6 Å². The number of benzene rings is 1. The molecule has 0 saturated carbocycles. The van der Waals surface area contributed by atoms with Crippen molar-refractivity contribution >= 4 is 23.0 Å². The number of rotatable bonds is 6. The van der Waals surface area contributed by atoms with Gasteiger partial charge in [0, 0.05) is 24.3 Å². The Balaban J connectivity index is 1.20. The summed E-state index contributed by atoms with van der Waals surface area (Å²) in [5.41, 5.74) is 2.83. The molecule has 2 heterocycles. The Hall–Kier alpha value is -2.21. The first-order chi connectivity index (χ1) is 12.8. The van der Waals surface area contributed by atoms with E-state index in [4.69, 9.17) is 9.82 Å². The van der Waals surface area contributed by atoms with E-state index in [0.29, 0.717) is 18.7 Å². The van der Waals surface area contributed by atoms with Crippen molar-refractivity contribution < 1.29 is 9.63 Å². The van der Waals surface area contributed by atoms with E-state index in [1.807, 2.05) is 41.7 Å². The van der Waals surface area contributed by atoms with Crippen molar-refractivity contribution in [2.75, 3.05) is 6.54 Å². The molecule has 1 aliphatic heterocycles. The van der Waals surface area contributed by atoms with E-state index >= 15 is 0 Å². The Labute approximate surface area is 157 Å². The van der Waals surface area contributed by atoms with Gasteiger partial charge in [-0.3, -0.25) is 4.79 Å². The zero-order valence-electron chi connectivity index (χ0n) is 14.7. The number of carbonyl (C=O) groups excluding carboxylic acids is 1. The van der Waals surface area contributed by atoms with Crippen LogP contribution in [0.25, 0.3) is 0 Å². The second-order valence-electron chi connectivity index (χ2n) is 6.79. The summed E-state index contributed by atoms with van der Waals surface area (Å²) in [7, 11) is 0. The average Bonchev–Trinajstić information content (AvgIpc) is 3.32. The summed E-state index contributed by atoms with van der Waals surface area (Å²) in [4.78, 5) is 23.9. The molecule has 2 aliphatic rings. The van der Waals surface area contributed by atoms with Gasteiger partial charge in [0.05, 0.1) is 10.7 Å². The van der Waals surface area contributed by atoms with E-state index in [2.05, 4.69) is 10.5 Å². The van der Waals surface area contributed by atoms with Crippen molar-refractivity contribution in [3.63, 3.8) is 0 Å². The summed E-state index contributed by atoms with van der Waals surface area (Å²) < 4.78 is 0. The molecule has 1 aliphatic carbocycles. The van der Waals surface area contributed by atoms with Gasteiger partial charge in [0.25, 0.3) is 5.91 Å². The van der Waals surface area contributed by atoms with Crippen LogP contribution in [0.15, 0.2) is 35.5 Å². The van der Waals surface area contributed by atoms with Crippen LogP contribution in [0.2, 0.25) is 0 Å². The average molecular weight is 369 g/mol. The van der Waals surface area contributed by atoms with Gasteiger partial charge in [-0.1, -0.05) is 35.5 Å². The van der Waals surface area contributed by atoms with Crippen LogP contribution in [0.4, 0.5) is 0 Å². The Kier molecular flexibility index (Phi) is 5.29. The molecule has 1 N–H and O–H groups in total. The number of hydrogen-bond acceptors (Lipinski definition) is 5. The minimum atomic E-state index is -0.154. The Bertz CT molecular complexity index is 777. The van der Waals surface area contributed by atoms with E-state index in [0.717, 1.165) is 24.8 Å². The summed E-state index contributed by atoms with van der Waals surface area (Å²) in [5.74, 6) is -0.123. The second kappa shape index (κ2) is 7.99. The Morgan fingerprint density at radius 2 is 2.08 bits per heavy atom. The summed E-state index contributed by atoms with van der Waals surface area (Å²) >= 11 is 1.85. The van der Waals surface area contributed by atoms with E-state index in [9.17, 15) is 4.79 Å². The number of nitrogens with zero attached hydrogens (tertiary/aromatic N) is 2. The van der Waals surface area contributed by atoms with E-state index < -0.39 is 0 Å². The Morgan fingerprint density at radius 3 is 2.92 bits per heavy atom. The molecule has 6 heteroatoms. The third-order valence-corrected chi connectivity index (χ3v) is 6.06. The lowest BCUT2D eigenvalue weighted by molar-refractivity contribution is -0.114. The lowest BCUT2D eigenvalue weighted by atomic mass is 10.0. The van der Waals surface area contributed by atoms with Crippen LogP contribution in [-0.2, 0) is 28.9 Å². The highest BCUT2D eigenvalue weighted by Gasteiger charge is 2.27. The second-order valence-corrected chi connectivity index (χ2v) is 7.96. The first-order valence-electron chi connectivity index (χ1n) is 9.33. The molecule has 4 rings (SSSR count). The third-order valence-electron chi connectivity index (χ3n) is 4.85. The number of hydrogen-bond donors (Lipinski definition) is 1. The maximum atomic E-state index is 12.3. The zero-order chi connectivity index (χ0) is 17.8. The van der Waals surface area contributed by atoms with Crippen LogP contribution in [0.1, 0.15) is 52.9 Å². The van der Waals surface area contributed by atoms with Crippen LogP contribution >= 0.6 is 11.3 Å².